The molecule has 0 unspecified atom stereocenters. The quantitative estimate of drug-likeness (QED) is 0.819. The van der Waals surface area contributed by atoms with Crippen LogP contribution in [0.3, 0.4) is 0 Å². The number of amides is 1. The Hall–Kier alpha value is -2.09. The second-order valence-corrected chi connectivity index (χ2v) is 4.10. The molecule has 2 N–H and O–H groups in total. The molecule has 0 atom stereocenters. The van der Waals surface area contributed by atoms with E-state index in [9.17, 15) is 4.79 Å². The smallest absolute Gasteiger partial charge is 0.267 e. The van der Waals surface area contributed by atoms with Crippen molar-refractivity contribution in [3.05, 3.63) is 24.0 Å². The second kappa shape index (κ2) is 4.83. The van der Waals surface area contributed by atoms with Crippen molar-refractivity contribution in [2.75, 3.05) is 11.4 Å². The average Bonchev–Trinajstić information content (AvgIpc) is 3.14. The van der Waals surface area contributed by atoms with Crippen LogP contribution in [0.25, 0.3) is 0 Å². The van der Waals surface area contributed by atoms with E-state index in [4.69, 9.17) is 11.0 Å². The molecule has 0 spiro atoms. The summed E-state index contributed by atoms with van der Waals surface area (Å²) in [7, 11) is 0. The summed E-state index contributed by atoms with van der Waals surface area (Å²) in [5.74, 6) is -0.525. The molecule has 1 fully saturated rings. The Kier molecular flexibility index (Phi) is 3.24. The minimum atomic E-state index is -0.525. The van der Waals surface area contributed by atoms with Gasteiger partial charge in [-0.1, -0.05) is 0 Å². The summed E-state index contributed by atoms with van der Waals surface area (Å²) in [5, 5.41) is 8.64. The number of hydrogen-bond acceptors (Lipinski definition) is 4. The fourth-order valence-electron chi connectivity index (χ4n) is 1.81. The molecular formula is C12H14N4O. The topological polar surface area (TPSA) is 83.0 Å². The predicted octanol–water partition coefficient (Wildman–Crippen LogP) is 1.06. The third-order valence-electron chi connectivity index (χ3n) is 2.78. The van der Waals surface area contributed by atoms with Gasteiger partial charge in [0.15, 0.2) is 0 Å². The number of primary amides is 1. The van der Waals surface area contributed by atoms with Gasteiger partial charge in [0.2, 0.25) is 0 Å². The van der Waals surface area contributed by atoms with Gasteiger partial charge >= 0.3 is 0 Å². The number of anilines is 1. The summed E-state index contributed by atoms with van der Waals surface area (Å²) >= 11 is 0. The van der Waals surface area contributed by atoms with Crippen molar-refractivity contribution in [2.24, 2.45) is 5.73 Å². The van der Waals surface area contributed by atoms with Crippen LogP contribution in [0.1, 0.15) is 29.8 Å². The molecule has 17 heavy (non-hydrogen) atoms. The monoisotopic (exact) mass is 230 g/mol. The van der Waals surface area contributed by atoms with E-state index in [1.165, 1.54) is 0 Å². The van der Waals surface area contributed by atoms with E-state index < -0.39 is 5.91 Å². The predicted molar refractivity (Wildman–Crippen MR) is 63.4 cm³/mol. The molecule has 88 valence electrons. The number of nitrogens with two attached hydrogens (primary N) is 1. The highest BCUT2D eigenvalue weighted by Gasteiger charge is 2.29. The fraction of sp³-hybridized carbons (Fsp3) is 0.417. The van der Waals surface area contributed by atoms with Gasteiger partial charge in [-0.3, -0.25) is 9.78 Å². The summed E-state index contributed by atoms with van der Waals surface area (Å²) in [6, 6.07) is 6.17. The van der Waals surface area contributed by atoms with E-state index in [-0.39, 0.29) is 5.69 Å². The molecule has 0 radical (unpaired) electrons. The van der Waals surface area contributed by atoms with Gasteiger partial charge in [-0.15, -0.1) is 0 Å². The molecule has 5 nitrogen and oxygen atoms in total. The van der Waals surface area contributed by atoms with Crippen LogP contribution in [0.2, 0.25) is 0 Å². The zero-order valence-electron chi connectivity index (χ0n) is 9.47. The number of nitriles is 1. The van der Waals surface area contributed by atoms with Crippen LogP contribution in [-0.2, 0) is 0 Å². The Labute approximate surface area is 99.9 Å². The number of carbonyl (C=O) groups excluding carboxylic acids is 1. The first-order chi connectivity index (χ1) is 8.22. The summed E-state index contributed by atoms with van der Waals surface area (Å²) in [6.45, 7) is 0.684. The molecular weight excluding hydrogens is 216 g/mol. The molecule has 0 aliphatic heterocycles. The highest BCUT2D eigenvalue weighted by Crippen LogP contribution is 2.31. The van der Waals surface area contributed by atoms with Crippen LogP contribution in [-0.4, -0.2) is 23.5 Å². The standard InChI is InChI=1S/C12H14N4O/c13-5-1-7-16(9-2-3-9)10-4-6-15-11(8-10)12(14)17/h4,6,8-9H,1-3,7H2,(H2,14,17). The van der Waals surface area contributed by atoms with Gasteiger partial charge in [0, 0.05) is 24.5 Å². The Bertz CT molecular complexity index is 462. The van der Waals surface area contributed by atoms with Crippen molar-refractivity contribution < 1.29 is 4.79 Å². The lowest BCUT2D eigenvalue weighted by molar-refractivity contribution is 0.0995. The number of carbonyl (C=O) groups is 1. The lowest BCUT2D eigenvalue weighted by Gasteiger charge is -2.23. The molecule has 5 heteroatoms. The SMILES string of the molecule is N#CCCN(c1ccnc(C(N)=O)c1)C1CC1. The van der Waals surface area contributed by atoms with Crippen molar-refractivity contribution in [1.29, 1.82) is 5.26 Å². The molecule has 0 aromatic carbocycles. The van der Waals surface area contributed by atoms with E-state index >= 15 is 0 Å². The summed E-state index contributed by atoms with van der Waals surface area (Å²) in [4.78, 5) is 17.1. The van der Waals surface area contributed by atoms with Crippen LogP contribution in [0.4, 0.5) is 5.69 Å². The third kappa shape index (κ3) is 2.72. The first-order valence-corrected chi connectivity index (χ1v) is 5.62. The zero-order valence-corrected chi connectivity index (χ0v) is 9.47. The zero-order chi connectivity index (χ0) is 12.3. The van der Waals surface area contributed by atoms with Crippen LogP contribution in [0, 0.1) is 11.3 Å². The average molecular weight is 230 g/mol. The summed E-state index contributed by atoms with van der Waals surface area (Å²) < 4.78 is 0. The summed E-state index contributed by atoms with van der Waals surface area (Å²) in [5.41, 5.74) is 6.39. The molecule has 0 saturated heterocycles. The molecule has 1 aliphatic rings. The lowest BCUT2D eigenvalue weighted by atomic mass is 10.2. The van der Waals surface area contributed by atoms with Crippen molar-refractivity contribution in [3.8, 4) is 6.07 Å². The van der Waals surface area contributed by atoms with Crippen molar-refractivity contribution >= 4 is 11.6 Å². The van der Waals surface area contributed by atoms with E-state index in [0.29, 0.717) is 19.0 Å². The number of hydrogen-bond donors (Lipinski definition) is 1. The number of nitrogens with zero attached hydrogens (tertiary/aromatic N) is 3. The molecule has 1 aliphatic carbocycles. The maximum Gasteiger partial charge on any atom is 0.267 e. The van der Waals surface area contributed by atoms with Crippen LogP contribution in [0.5, 0.6) is 0 Å². The highest BCUT2D eigenvalue weighted by molar-refractivity contribution is 5.91. The second-order valence-electron chi connectivity index (χ2n) is 4.10. The Morgan fingerprint density at radius 1 is 1.65 bits per heavy atom. The fourth-order valence-corrected chi connectivity index (χ4v) is 1.81. The van der Waals surface area contributed by atoms with Crippen LogP contribution >= 0.6 is 0 Å². The molecule has 1 aromatic heterocycles. The van der Waals surface area contributed by atoms with Crippen molar-refractivity contribution in [3.63, 3.8) is 0 Å². The number of rotatable bonds is 5. The van der Waals surface area contributed by atoms with Gasteiger partial charge in [-0.05, 0) is 25.0 Å². The van der Waals surface area contributed by atoms with Gasteiger partial charge in [0.05, 0.1) is 12.5 Å². The van der Waals surface area contributed by atoms with Crippen molar-refractivity contribution in [1.82, 2.24) is 4.98 Å². The molecule has 1 amide bonds. The first kappa shape index (κ1) is 11.4. The first-order valence-electron chi connectivity index (χ1n) is 5.62. The van der Waals surface area contributed by atoms with E-state index in [2.05, 4.69) is 16.0 Å². The van der Waals surface area contributed by atoms with Crippen LogP contribution < -0.4 is 10.6 Å². The van der Waals surface area contributed by atoms with Gasteiger partial charge in [-0.2, -0.15) is 5.26 Å². The third-order valence-corrected chi connectivity index (χ3v) is 2.78. The normalized spacial score (nSPS) is 14.1. The summed E-state index contributed by atoms with van der Waals surface area (Å²) in [6.07, 6.45) is 4.33. The van der Waals surface area contributed by atoms with E-state index in [1.807, 2.05) is 6.07 Å². The lowest BCUT2D eigenvalue weighted by Crippen LogP contribution is -2.27. The highest BCUT2D eigenvalue weighted by atomic mass is 16.1. The molecule has 1 aromatic rings. The maximum absolute atomic E-state index is 11.1. The molecule has 1 heterocycles. The number of aromatic nitrogens is 1. The van der Waals surface area contributed by atoms with Gasteiger partial charge in [0.25, 0.3) is 5.91 Å². The Morgan fingerprint density at radius 3 is 3.00 bits per heavy atom. The van der Waals surface area contributed by atoms with E-state index in [1.54, 1.807) is 12.3 Å². The largest absolute Gasteiger partial charge is 0.367 e. The van der Waals surface area contributed by atoms with Gasteiger partial charge in [-0.25, -0.2) is 0 Å². The minimum absolute atomic E-state index is 0.269. The number of pyridine rings is 1. The van der Waals surface area contributed by atoms with E-state index in [0.717, 1.165) is 18.5 Å². The molecule has 1 saturated carbocycles. The minimum Gasteiger partial charge on any atom is -0.367 e. The van der Waals surface area contributed by atoms with Gasteiger partial charge < -0.3 is 10.6 Å². The molecule has 2 rings (SSSR count). The van der Waals surface area contributed by atoms with Crippen LogP contribution in [0.15, 0.2) is 18.3 Å². The van der Waals surface area contributed by atoms with Crippen molar-refractivity contribution in [2.45, 2.75) is 25.3 Å². The maximum atomic E-state index is 11.1. The van der Waals surface area contributed by atoms with Gasteiger partial charge in [0.1, 0.15) is 5.69 Å². The Balaban J connectivity index is 2.20. The Morgan fingerprint density at radius 2 is 2.41 bits per heavy atom. The molecule has 0 bridgehead atoms.